The van der Waals surface area contributed by atoms with Gasteiger partial charge in [0.25, 0.3) is 0 Å². The molecule has 1 saturated heterocycles. The lowest BCUT2D eigenvalue weighted by Gasteiger charge is -2.25. The van der Waals surface area contributed by atoms with Crippen LogP contribution in [0, 0.1) is 5.92 Å². The number of aromatic nitrogens is 2. The molecule has 1 aliphatic heterocycles. The molecule has 122 valence electrons. The summed E-state index contributed by atoms with van der Waals surface area (Å²) in [5, 5.41) is 4.39. The number of rotatable bonds is 3. The number of aryl methyl sites for hydroxylation is 1. The first-order chi connectivity index (χ1) is 10.4. The standard InChI is InChI=1S/C15H25N5O2/c1-12(21)20-8-7-19(11-14-5-6-18(4)16-14)9-13(10-20)15(22)17(2)3/h5-6,13H,7-11H2,1-4H3/t13-/m1/s1. The van der Waals surface area contributed by atoms with E-state index in [0.29, 0.717) is 26.2 Å². The summed E-state index contributed by atoms with van der Waals surface area (Å²) in [5.74, 6) is -0.0967. The van der Waals surface area contributed by atoms with Crippen molar-refractivity contribution >= 4 is 11.8 Å². The summed E-state index contributed by atoms with van der Waals surface area (Å²) in [6.45, 7) is 4.81. The maximum Gasteiger partial charge on any atom is 0.228 e. The largest absolute Gasteiger partial charge is 0.348 e. The van der Waals surface area contributed by atoms with Crippen molar-refractivity contribution in [2.45, 2.75) is 13.5 Å². The van der Waals surface area contributed by atoms with Crippen LogP contribution >= 0.6 is 0 Å². The molecular formula is C15H25N5O2. The Bertz CT molecular complexity index is 540. The van der Waals surface area contributed by atoms with Crippen LogP contribution in [-0.4, -0.2) is 76.6 Å². The molecule has 0 spiro atoms. The van der Waals surface area contributed by atoms with Crippen LogP contribution in [-0.2, 0) is 23.2 Å². The third-order valence-electron chi connectivity index (χ3n) is 4.00. The van der Waals surface area contributed by atoms with E-state index in [2.05, 4.69) is 10.00 Å². The number of carbonyl (C=O) groups excluding carboxylic acids is 2. The molecule has 1 fully saturated rings. The van der Waals surface area contributed by atoms with Gasteiger partial charge in [0.2, 0.25) is 11.8 Å². The number of amides is 2. The Morgan fingerprint density at radius 3 is 2.59 bits per heavy atom. The van der Waals surface area contributed by atoms with Gasteiger partial charge in [-0.1, -0.05) is 0 Å². The minimum Gasteiger partial charge on any atom is -0.348 e. The van der Waals surface area contributed by atoms with Gasteiger partial charge in [0, 0.05) is 67.0 Å². The van der Waals surface area contributed by atoms with Crippen LogP contribution < -0.4 is 0 Å². The molecule has 1 aromatic heterocycles. The monoisotopic (exact) mass is 307 g/mol. The molecule has 0 radical (unpaired) electrons. The molecule has 0 saturated carbocycles. The van der Waals surface area contributed by atoms with Gasteiger partial charge in [-0.05, 0) is 6.07 Å². The average molecular weight is 307 g/mol. The molecular weight excluding hydrogens is 282 g/mol. The zero-order chi connectivity index (χ0) is 16.3. The van der Waals surface area contributed by atoms with Crippen molar-refractivity contribution in [1.29, 1.82) is 0 Å². The highest BCUT2D eigenvalue weighted by molar-refractivity contribution is 5.80. The van der Waals surface area contributed by atoms with Gasteiger partial charge in [-0.2, -0.15) is 5.10 Å². The van der Waals surface area contributed by atoms with E-state index >= 15 is 0 Å². The van der Waals surface area contributed by atoms with Crippen molar-refractivity contribution in [3.63, 3.8) is 0 Å². The van der Waals surface area contributed by atoms with Gasteiger partial charge in [0.15, 0.2) is 0 Å². The first kappa shape index (κ1) is 16.5. The van der Waals surface area contributed by atoms with E-state index < -0.39 is 0 Å². The van der Waals surface area contributed by atoms with Crippen LogP contribution in [0.1, 0.15) is 12.6 Å². The molecule has 0 N–H and O–H groups in total. The second-order valence-electron chi connectivity index (χ2n) is 6.11. The van der Waals surface area contributed by atoms with Gasteiger partial charge in [-0.15, -0.1) is 0 Å². The molecule has 22 heavy (non-hydrogen) atoms. The highest BCUT2D eigenvalue weighted by Gasteiger charge is 2.30. The Balaban J connectivity index is 2.11. The van der Waals surface area contributed by atoms with Crippen molar-refractivity contribution in [3.05, 3.63) is 18.0 Å². The van der Waals surface area contributed by atoms with Gasteiger partial charge in [0.05, 0.1) is 11.6 Å². The van der Waals surface area contributed by atoms with Crippen LogP contribution in [0.25, 0.3) is 0 Å². The minimum absolute atomic E-state index is 0.0243. The third-order valence-corrected chi connectivity index (χ3v) is 4.00. The van der Waals surface area contributed by atoms with Crippen LogP contribution in [0.4, 0.5) is 0 Å². The molecule has 1 aromatic rings. The zero-order valence-corrected chi connectivity index (χ0v) is 13.8. The second kappa shape index (κ2) is 6.91. The van der Waals surface area contributed by atoms with Crippen molar-refractivity contribution in [1.82, 2.24) is 24.5 Å². The lowest BCUT2D eigenvalue weighted by Crippen LogP contribution is -2.41. The Hall–Kier alpha value is -1.89. The fraction of sp³-hybridized carbons (Fsp3) is 0.667. The highest BCUT2D eigenvalue weighted by atomic mass is 16.2. The summed E-state index contributed by atoms with van der Waals surface area (Å²) in [7, 11) is 5.41. The summed E-state index contributed by atoms with van der Waals surface area (Å²) >= 11 is 0. The predicted molar refractivity (Wildman–Crippen MR) is 82.9 cm³/mol. The molecule has 1 aliphatic rings. The molecule has 0 aliphatic carbocycles. The Labute approximate surface area is 131 Å². The summed E-state index contributed by atoms with van der Waals surface area (Å²) in [6.07, 6.45) is 1.91. The molecule has 1 atom stereocenters. The Kier molecular flexibility index (Phi) is 5.18. The summed E-state index contributed by atoms with van der Waals surface area (Å²) in [5.41, 5.74) is 0.981. The van der Waals surface area contributed by atoms with E-state index in [4.69, 9.17) is 0 Å². The van der Waals surface area contributed by atoms with Gasteiger partial charge in [0.1, 0.15) is 0 Å². The first-order valence-corrected chi connectivity index (χ1v) is 7.54. The smallest absolute Gasteiger partial charge is 0.228 e. The van der Waals surface area contributed by atoms with Crippen LogP contribution in [0.15, 0.2) is 12.3 Å². The lowest BCUT2D eigenvalue weighted by molar-refractivity contribution is -0.135. The third kappa shape index (κ3) is 4.07. The number of carbonyl (C=O) groups is 2. The molecule has 7 nitrogen and oxygen atoms in total. The second-order valence-corrected chi connectivity index (χ2v) is 6.11. The van der Waals surface area contributed by atoms with Crippen molar-refractivity contribution < 1.29 is 9.59 Å². The van der Waals surface area contributed by atoms with Gasteiger partial charge in [-0.25, -0.2) is 0 Å². The molecule has 2 amide bonds. The maximum absolute atomic E-state index is 12.4. The predicted octanol–water partition coefficient (Wildman–Crippen LogP) is -0.211. The van der Waals surface area contributed by atoms with E-state index in [0.717, 1.165) is 12.2 Å². The van der Waals surface area contributed by atoms with E-state index in [1.165, 1.54) is 0 Å². The average Bonchev–Trinajstić information content (AvgIpc) is 2.73. The van der Waals surface area contributed by atoms with E-state index in [1.54, 1.807) is 35.5 Å². The molecule has 2 rings (SSSR count). The van der Waals surface area contributed by atoms with Gasteiger partial charge < -0.3 is 9.80 Å². The van der Waals surface area contributed by atoms with Crippen LogP contribution in [0.3, 0.4) is 0 Å². The SMILES string of the molecule is CC(=O)N1CCN(Cc2ccn(C)n2)C[C@@H](C(=O)N(C)C)C1. The van der Waals surface area contributed by atoms with E-state index in [1.807, 2.05) is 19.3 Å². The minimum atomic E-state index is -0.190. The first-order valence-electron chi connectivity index (χ1n) is 7.54. The Morgan fingerprint density at radius 1 is 1.32 bits per heavy atom. The number of hydrogen-bond acceptors (Lipinski definition) is 4. The van der Waals surface area contributed by atoms with E-state index in [9.17, 15) is 9.59 Å². The van der Waals surface area contributed by atoms with Crippen molar-refractivity contribution in [2.75, 3.05) is 40.3 Å². The van der Waals surface area contributed by atoms with E-state index in [-0.39, 0.29) is 17.7 Å². The number of nitrogens with zero attached hydrogens (tertiary/aromatic N) is 5. The lowest BCUT2D eigenvalue weighted by atomic mass is 10.1. The maximum atomic E-state index is 12.4. The quantitative estimate of drug-likeness (QED) is 0.775. The Morgan fingerprint density at radius 2 is 2.05 bits per heavy atom. The fourth-order valence-electron chi connectivity index (χ4n) is 2.81. The molecule has 0 bridgehead atoms. The molecule has 2 heterocycles. The zero-order valence-electron chi connectivity index (χ0n) is 13.8. The summed E-state index contributed by atoms with van der Waals surface area (Å²) in [6, 6.07) is 1.98. The van der Waals surface area contributed by atoms with Gasteiger partial charge >= 0.3 is 0 Å². The molecule has 0 aromatic carbocycles. The summed E-state index contributed by atoms with van der Waals surface area (Å²) in [4.78, 5) is 29.7. The van der Waals surface area contributed by atoms with Gasteiger partial charge in [-0.3, -0.25) is 19.2 Å². The fourth-order valence-corrected chi connectivity index (χ4v) is 2.81. The summed E-state index contributed by atoms with van der Waals surface area (Å²) < 4.78 is 1.78. The number of hydrogen-bond donors (Lipinski definition) is 0. The normalized spacial score (nSPS) is 19.8. The highest BCUT2D eigenvalue weighted by Crippen LogP contribution is 2.14. The molecule has 7 heteroatoms. The van der Waals surface area contributed by atoms with Crippen LogP contribution in [0.5, 0.6) is 0 Å². The van der Waals surface area contributed by atoms with Crippen molar-refractivity contribution in [2.24, 2.45) is 13.0 Å². The topological polar surface area (TPSA) is 61.7 Å². The van der Waals surface area contributed by atoms with Crippen molar-refractivity contribution in [3.8, 4) is 0 Å². The molecule has 0 unspecified atom stereocenters. The van der Waals surface area contributed by atoms with Crippen LogP contribution in [0.2, 0.25) is 0 Å².